The Hall–Kier alpha value is -2.41. The van der Waals surface area contributed by atoms with Crippen molar-refractivity contribution in [2.24, 2.45) is 0 Å². The minimum atomic E-state index is -0.0817. The summed E-state index contributed by atoms with van der Waals surface area (Å²) in [7, 11) is 0. The summed E-state index contributed by atoms with van der Waals surface area (Å²) in [5.41, 5.74) is 1.70. The molecule has 2 N–H and O–H groups in total. The average Bonchev–Trinajstić information content (AvgIpc) is 3.26. The molecule has 0 bridgehead atoms. The molecule has 0 radical (unpaired) electrons. The van der Waals surface area contributed by atoms with Crippen molar-refractivity contribution in [3.8, 4) is 0 Å². The molecule has 1 atom stereocenters. The maximum Gasteiger partial charge on any atom is 0.240 e. The number of nitrogens with zero attached hydrogens (tertiary/aromatic N) is 2. The largest absolute Gasteiger partial charge is 0.376 e. The Kier molecular flexibility index (Phi) is 5.65. The Labute approximate surface area is 146 Å². The summed E-state index contributed by atoms with van der Waals surface area (Å²) in [6, 6.07) is 7.66. The number of carbonyl (C=O) groups excluding carboxylic acids is 2. The van der Waals surface area contributed by atoms with E-state index in [-0.39, 0.29) is 24.5 Å². The molecule has 1 aromatic carbocycles. The lowest BCUT2D eigenvalue weighted by molar-refractivity contribution is -0.122. The zero-order valence-electron chi connectivity index (χ0n) is 14.5. The Balaban J connectivity index is 1.71. The van der Waals surface area contributed by atoms with Crippen molar-refractivity contribution in [3.63, 3.8) is 0 Å². The van der Waals surface area contributed by atoms with E-state index >= 15 is 0 Å². The third kappa shape index (κ3) is 4.36. The summed E-state index contributed by atoms with van der Waals surface area (Å²) in [4.78, 5) is 28.4. The fraction of sp³-hybridized carbons (Fsp3) is 0.500. The number of nitrogens with one attached hydrogen (secondary N) is 2. The lowest BCUT2D eigenvalue weighted by atomic mass is 10.2. The number of rotatable bonds is 7. The van der Waals surface area contributed by atoms with E-state index in [2.05, 4.69) is 15.6 Å². The highest BCUT2D eigenvalue weighted by atomic mass is 16.5. The van der Waals surface area contributed by atoms with Gasteiger partial charge in [-0.15, -0.1) is 0 Å². The van der Waals surface area contributed by atoms with E-state index in [0.717, 1.165) is 30.5 Å². The second-order valence-corrected chi connectivity index (χ2v) is 6.17. The van der Waals surface area contributed by atoms with Crippen molar-refractivity contribution >= 4 is 22.8 Å². The lowest BCUT2D eigenvalue weighted by Crippen LogP contribution is -2.34. The Morgan fingerprint density at radius 2 is 2.12 bits per heavy atom. The zero-order chi connectivity index (χ0) is 17.6. The summed E-state index contributed by atoms with van der Waals surface area (Å²) in [5.74, 6) is 0.554. The average molecular weight is 344 g/mol. The van der Waals surface area contributed by atoms with Crippen LogP contribution in [0.15, 0.2) is 24.3 Å². The second kappa shape index (κ2) is 8.11. The topological polar surface area (TPSA) is 85.2 Å². The van der Waals surface area contributed by atoms with Gasteiger partial charge in [0.25, 0.3) is 0 Å². The molecule has 7 nitrogen and oxygen atoms in total. The normalized spacial score (nSPS) is 16.9. The van der Waals surface area contributed by atoms with Gasteiger partial charge in [-0.05, 0) is 25.0 Å². The molecule has 1 fully saturated rings. The fourth-order valence-electron chi connectivity index (χ4n) is 2.97. The van der Waals surface area contributed by atoms with E-state index in [9.17, 15) is 9.59 Å². The number of ether oxygens (including phenoxy) is 1. The molecule has 2 heterocycles. The van der Waals surface area contributed by atoms with Crippen molar-refractivity contribution in [1.29, 1.82) is 0 Å². The summed E-state index contributed by atoms with van der Waals surface area (Å²) < 4.78 is 7.39. The van der Waals surface area contributed by atoms with Crippen molar-refractivity contribution in [2.75, 3.05) is 13.2 Å². The van der Waals surface area contributed by atoms with Gasteiger partial charge in [-0.1, -0.05) is 19.1 Å². The molecule has 1 aliphatic heterocycles. The highest BCUT2D eigenvalue weighted by Gasteiger charge is 2.18. The molecule has 3 rings (SSSR count). The number of aromatic nitrogens is 2. The summed E-state index contributed by atoms with van der Waals surface area (Å²) in [6.07, 6.45) is 2.57. The third-order valence-electron chi connectivity index (χ3n) is 4.35. The second-order valence-electron chi connectivity index (χ2n) is 6.17. The molecule has 1 aliphatic rings. The molecule has 1 unspecified atom stereocenters. The van der Waals surface area contributed by atoms with Gasteiger partial charge in [-0.25, -0.2) is 4.98 Å². The van der Waals surface area contributed by atoms with E-state index in [4.69, 9.17) is 4.74 Å². The Bertz CT molecular complexity index is 750. The highest BCUT2D eigenvalue weighted by Crippen LogP contribution is 2.16. The maximum absolute atomic E-state index is 12.4. The van der Waals surface area contributed by atoms with Crippen molar-refractivity contribution < 1.29 is 14.3 Å². The lowest BCUT2D eigenvalue weighted by Gasteiger charge is -2.13. The van der Waals surface area contributed by atoms with Crippen LogP contribution in [-0.4, -0.2) is 40.6 Å². The van der Waals surface area contributed by atoms with Crippen LogP contribution in [0.3, 0.4) is 0 Å². The van der Waals surface area contributed by atoms with Gasteiger partial charge < -0.3 is 19.9 Å². The van der Waals surface area contributed by atoms with Crippen LogP contribution in [0.2, 0.25) is 0 Å². The van der Waals surface area contributed by atoms with Gasteiger partial charge in [0.05, 0.1) is 23.7 Å². The molecule has 2 amide bonds. The van der Waals surface area contributed by atoms with Gasteiger partial charge in [0, 0.05) is 19.6 Å². The maximum atomic E-state index is 12.4. The number of hydrogen-bond donors (Lipinski definition) is 2. The van der Waals surface area contributed by atoms with Crippen LogP contribution in [0.25, 0.3) is 11.0 Å². The van der Waals surface area contributed by atoms with Gasteiger partial charge in [-0.3, -0.25) is 9.59 Å². The minimum Gasteiger partial charge on any atom is -0.376 e. The number of fused-ring (bicyclic) bond motifs is 1. The molecule has 1 saturated heterocycles. The molecule has 1 aromatic heterocycles. The van der Waals surface area contributed by atoms with Crippen LogP contribution >= 0.6 is 0 Å². The quantitative estimate of drug-likeness (QED) is 0.794. The Morgan fingerprint density at radius 1 is 1.28 bits per heavy atom. The number of imidazole rings is 1. The van der Waals surface area contributed by atoms with Gasteiger partial charge >= 0.3 is 0 Å². The molecular formula is C18H24N4O3. The molecule has 134 valence electrons. The van der Waals surface area contributed by atoms with E-state index in [0.29, 0.717) is 25.3 Å². The highest BCUT2D eigenvalue weighted by molar-refractivity contribution is 5.81. The van der Waals surface area contributed by atoms with Crippen molar-refractivity contribution in [3.05, 3.63) is 30.1 Å². The van der Waals surface area contributed by atoms with E-state index in [1.807, 2.05) is 28.8 Å². The number of benzene rings is 1. The molecule has 0 aliphatic carbocycles. The number of amides is 2. The van der Waals surface area contributed by atoms with Crippen LogP contribution in [-0.2, 0) is 27.4 Å². The van der Waals surface area contributed by atoms with E-state index in [1.165, 1.54) is 0 Å². The van der Waals surface area contributed by atoms with Crippen LogP contribution in [0, 0.1) is 0 Å². The van der Waals surface area contributed by atoms with E-state index in [1.54, 1.807) is 6.92 Å². The molecule has 2 aromatic rings. The summed E-state index contributed by atoms with van der Waals surface area (Å²) in [5, 5.41) is 5.76. The Morgan fingerprint density at radius 3 is 2.88 bits per heavy atom. The number of hydrogen-bond acceptors (Lipinski definition) is 4. The van der Waals surface area contributed by atoms with Crippen molar-refractivity contribution in [2.45, 2.75) is 45.4 Å². The monoisotopic (exact) mass is 344 g/mol. The predicted molar refractivity (Wildman–Crippen MR) is 93.9 cm³/mol. The van der Waals surface area contributed by atoms with Crippen LogP contribution < -0.4 is 10.6 Å². The summed E-state index contributed by atoms with van der Waals surface area (Å²) in [6.45, 7) is 3.59. The molecule has 25 heavy (non-hydrogen) atoms. The van der Waals surface area contributed by atoms with Crippen LogP contribution in [0.4, 0.5) is 0 Å². The first-order valence-corrected chi connectivity index (χ1v) is 8.76. The minimum absolute atomic E-state index is 0.0403. The number of carbonyl (C=O) groups is 2. The van der Waals surface area contributed by atoms with Gasteiger partial charge in [0.1, 0.15) is 12.4 Å². The van der Waals surface area contributed by atoms with Crippen molar-refractivity contribution in [1.82, 2.24) is 20.2 Å². The SMILES string of the molecule is CCC(=O)NCc1nc2ccccc2n1CC(=O)NCC1CCCO1. The van der Waals surface area contributed by atoms with Crippen LogP contribution in [0.5, 0.6) is 0 Å². The first kappa shape index (κ1) is 17.4. The predicted octanol–water partition coefficient (Wildman–Crippen LogP) is 1.36. The number of para-hydroxylation sites is 2. The van der Waals surface area contributed by atoms with Crippen LogP contribution in [0.1, 0.15) is 32.0 Å². The molecule has 0 saturated carbocycles. The van der Waals surface area contributed by atoms with Gasteiger partial charge in [0.15, 0.2) is 0 Å². The zero-order valence-corrected chi connectivity index (χ0v) is 14.5. The third-order valence-corrected chi connectivity index (χ3v) is 4.35. The fourth-order valence-corrected chi connectivity index (χ4v) is 2.97. The van der Waals surface area contributed by atoms with Gasteiger partial charge in [-0.2, -0.15) is 0 Å². The van der Waals surface area contributed by atoms with Gasteiger partial charge in [0.2, 0.25) is 11.8 Å². The smallest absolute Gasteiger partial charge is 0.240 e. The first-order valence-electron chi connectivity index (χ1n) is 8.76. The van der Waals surface area contributed by atoms with E-state index < -0.39 is 0 Å². The molecular weight excluding hydrogens is 320 g/mol. The summed E-state index contributed by atoms with van der Waals surface area (Å²) >= 11 is 0. The first-order chi connectivity index (χ1) is 12.2. The standard InChI is InChI=1S/C18H24N4O3/c1-2-17(23)20-11-16-21-14-7-3-4-8-15(14)22(16)12-18(24)19-10-13-6-5-9-25-13/h3-4,7-8,13H,2,5-6,9-12H2,1H3,(H,19,24)(H,20,23). The molecule has 0 spiro atoms. The molecule has 7 heteroatoms.